The number of hydrogen-bond acceptors (Lipinski definition) is 5. The summed E-state index contributed by atoms with van der Waals surface area (Å²) in [5.74, 6) is 1.42. The van der Waals surface area contributed by atoms with Crippen LogP contribution in [0, 0.1) is 5.82 Å². The number of nitrogens with zero attached hydrogens (tertiary/aromatic N) is 5. The van der Waals surface area contributed by atoms with Crippen LogP contribution < -0.4 is 5.32 Å². The first-order valence-electron chi connectivity index (χ1n) is 13.4. The lowest BCUT2D eigenvalue weighted by Crippen LogP contribution is -2.30. The van der Waals surface area contributed by atoms with E-state index in [0.29, 0.717) is 5.95 Å². The Bertz CT molecular complexity index is 1300. The summed E-state index contributed by atoms with van der Waals surface area (Å²) in [5, 5.41) is 3.23. The third kappa shape index (κ3) is 5.72. The highest BCUT2D eigenvalue weighted by Crippen LogP contribution is 2.39. The lowest BCUT2D eigenvalue weighted by atomic mass is 10.1. The molecule has 7 heteroatoms. The lowest BCUT2D eigenvalue weighted by molar-refractivity contribution is 0.223. The van der Waals surface area contributed by atoms with Crippen LogP contribution in [-0.2, 0) is 13.0 Å². The second-order valence-corrected chi connectivity index (χ2v) is 9.66. The van der Waals surface area contributed by atoms with Crippen molar-refractivity contribution in [2.45, 2.75) is 52.1 Å². The van der Waals surface area contributed by atoms with Crippen molar-refractivity contribution in [1.29, 1.82) is 0 Å². The highest BCUT2D eigenvalue weighted by atomic mass is 19.1. The first-order valence-corrected chi connectivity index (χ1v) is 13.4. The van der Waals surface area contributed by atoms with Crippen LogP contribution in [-0.4, -0.2) is 44.1 Å². The molecule has 0 amide bonds. The molecule has 37 heavy (non-hydrogen) atoms. The van der Waals surface area contributed by atoms with E-state index in [9.17, 15) is 4.39 Å². The van der Waals surface area contributed by atoms with E-state index < -0.39 is 0 Å². The fourth-order valence-corrected chi connectivity index (χ4v) is 5.19. The Morgan fingerprint density at radius 1 is 1.03 bits per heavy atom. The Morgan fingerprint density at radius 2 is 1.84 bits per heavy atom. The molecular formula is C30H35FN6. The predicted molar refractivity (Wildman–Crippen MR) is 147 cm³/mol. The quantitative estimate of drug-likeness (QED) is 0.260. The number of halogens is 1. The number of imidazole rings is 1. The average molecular weight is 499 g/mol. The summed E-state index contributed by atoms with van der Waals surface area (Å²) in [7, 11) is 0. The number of rotatable bonds is 11. The van der Waals surface area contributed by atoms with E-state index in [1.54, 1.807) is 18.3 Å². The van der Waals surface area contributed by atoms with Crippen LogP contribution in [0.15, 0.2) is 66.9 Å². The Morgan fingerprint density at radius 3 is 2.59 bits per heavy atom. The van der Waals surface area contributed by atoms with Gasteiger partial charge in [-0.15, -0.1) is 0 Å². The summed E-state index contributed by atoms with van der Waals surface area (Å²) >= 11 is 0. The van der Waals surface area contributed by atoms with Crippen molar-refractivity contribution in [2.24, 2.45) is 0 Å². The summed E-state index contributed by atoms with van der Waals surface area (Å²) in [4.78, 5) is 16.9. The van der Waals surface area contributed by atoms with Crippen LogP contribution in [0.3, 0.4) is 0 Å². The predicted octanol–water partition coefficient (Wildman–Crippen LogP) is 6.37. The molecule has 1 aliphatic heterocycles. The van der Waals surface area contributed by atoms with Crippen molar-refractivity contribution in [1.82, 2.24) is 24.4 Å². The van der Waals surface area contributed by atoms with Crippen molar-refractivity contribution in [3.8, 4) is 22.6 Å². The second-order valence-electron chi connectivity index (χ2n) is 9.66. The van der Waals surface area contributed by atoms with Gasteiger partial charge in [0.05, 0.1) is 17.1 Å². The molecule has 1 atom stereocenters. The highest BCUT2D eigenvalue weighted by molar-refractivity contribution is 5.78. The molecule has 5 rings (SSSR count). The number of aryl methyl sites for hydroxylation is 1. The molecule has 0 aliphatic carbocycles. The van der Waals surface area contributed by atoms with Crippen LogP contribution in [0.4, 0.5) is 10.3 Å². The number of aromatic nitrogens is 4. The fraction of sp³-hybridized carbons (Fsp3) is 0.367. The van der Waals surface area contributed by atoms with Gasteiger partial charge < -0.3 is 9.88 Å². The lowest BCUT2D eigenvalue weighted by Gasteiger charge is -2.27. The minimum absolute atomic E-state index is 0.251. The van der Waals surface area contributed by atoms with E-state index in [0.717, 1.165) is 67.5 Å². The van der Waals surface area contributed by atoms with Gasteiger partial charge >= 0.3 is 0 Å². The number of unbranched alkanes of at least 4 members (excludes halogenated alkanes) is 1. The summed E-state index contributed by atoms with van der Waals surface area (Å²) < 4.78 is 16.1. The van der Waals surface area contributed by atoms with Crippen LogP contribution in [0.5, 0.6) is 0 Å². The zero-order valence-corrected chi connectivity index (χ0v) is 21.7. The summed E-state index contributed by atoms with van der Waals surface area (Å²) in [6.07, 6.45) is 6.09. The van der Waals surface area contributed by atoms with Crippen molar-refractivity contribution in [3.63, 3.8) is 0 Å². The molecule has 1 N–H and O–H groups in total. The number of hydrogen-bond donors (Lipinski definition) is 1. The molecule has 0 spiro atoms. The molecule has 0 bridgehead atoms. The molecule has 0 saturated heterocycles. The van der Waals surface area contributed by atoms with Gasteiger partial charge in [0, 0.05) is 43.9 Å². The van der Waals surface area contributed by atoms with Gasteiger partial charge in [0.15, 0.2) is 0 Å². The first-order chi connectivity index (χ1) is 18.2. The zero-order valence-electron chi connectivity index (χ0n) is 21.7. The third-order valence-electron chi connectivity index (χ3n) is 6.95. The van der Waals surface area contributed by atoms with Crippen LogP contribution in [0.2, 0.25) is 0 Å². The SMILES string of the molecule is CCCCN(Cc1ccccc1)CC1CCc2nc(-c3ccc(F)cc3)c(-c3ccnc(NCC)n3)n21. The number of benzene rings is 2. The van der Waals surface area contributed by atoms with Gasteiger partial charge in [-0.05, 0) is 62.2 Å². The molecule has 0 radical (unpaired) electrons. The maximum atomic E-state index is 13.8. The standard InChI is InChI=1S/C30H35FN6/c1-3-5-19-36(20-22-9-7-6-8-10-22)21-25-15-16-27-35-28(23-11-13-24(31)14-12-23)29(37(25)27)26-17-18-33-30(34-26)32-4-2/h6-14,17-18,25H,3-5,15-16,19-21H2,1-2H3,(H,32,33,34). The van der Waals surface area contributed by atoms with E-state index in [-0.39, 0.29) is 11.9 Å². The molecule has 3 heterocycles. The van der Waals surface area contributed by atoms with Crippen molar-refractivity contribution in [2.75, 3.05) is 25.0 Å². The molecule has 0 fully saturated rings. The van der Waals surface area contributed by atoms with E-state index in [2.05, 4.69) is 57.0 Å². The molecular weight excluding hydrogens is 463 g/mol. The largest absolute Gasteiger partial charge is 0.354 e. The topological polar surface area (TPSA) is 58.9 Å². The van der Waals surface area contributed by atoms with Crippen LogP contribution in [0.25, 0.3) is 22.6 Å². The normalized spacial score (nSPS) is 14.8. The number of fused-ring (bicyclic) bond motifs is 1. The molecule has 6 nitrogen and oxygen atoms in total. The smallest absolute Gasteiger partial charge is 0.223 e. The third-order valence-corrected chi connectivity index (χ3v) is 6.95. The summed E-state index contributed by atoms with van der Waals surface area (Å²) in [6.45, 7) is 7.95. The number of nitrogens with one attached hydrogen (secondary N) is 1. The zero-order chi connectivity index (χ0) is 25.6. The molecule has 4 aromatic rings. The van der Waals surface area contributed by atoms with Crippen molar-refractivity contribution < 1.29 is 4.39 Å². The van der Waals surface area contributed by atoms with Gasteiger partial charge in [-0.3, -0.25) is 4.90 Å². The molecule has 0 saturated carbocycles. The van der Waals surface area contributed by atoms with Crippen molar-refractivity contribution >= 4 is 5.95 Å². The molecule has 2 aromatic heterocycles. The van der Waals surface area contributed by atoms with Crippen LogP contribution in [0.1, 0.15) is 50.5 Å². The fourth-order valence-electron chi connectivity index (χ4n) is 5.19. The van der Waals surface area contributed by atoms with Gasteiger partial charge in [0.2, 0.25) is 5.95 Å². The van der Waals surface area contributed by atoms with E-state index >= 15 is 0 Å². The molecule has 192 valence electrons. The minimum atomic E-state index is -0.251. The Kier molecular flexibility index (Phi) is 7.90. The maximum absolute atomic E-state index is 13.8. The van der Waals surface area contributed by atoms with E-state index in [1.165, 1.54) is 30.5 Å². The van der Waals surface area contributed by atoms with Gasteiger partial charge in [-0.25, -0.2) is 19.3 Å². The van der Waals surface area contributed by atoms with E-state index in [1.807, 2.05) is 13.0 Å². The number of anilines is 1. The monoisotopic (exact) mass is 498 g/mol. The molecule has 1 aliphatic rings. The van der Waals surface area contributed by atoms with E-state index in [4.69, 9.17) is 9.97 Å². The molecule has 1 unspecified atom stereocenters. The van der Waals surface area contributed by atoms with Crippen molar-refractivity contribution in [3.05, 3.63) is 84.1 Å². The van der Waals surface area contributed by atoms with Gasteiger partial charge in [-0.2, -0.15) is 0 Å². The van der Waals surface area contributed by atoms with Gasteiger partial charge in [0.1, 0.15) is 11.6 Å². The van der Waals surface area contributed by atoms with Gasteiger partial charge in [0.25, 0.3) is 0 Å². The summed E-state index contributed by atoms with van der Waals surface area (Å²) in [5.41, 5.74) is 4.90. The Labute approximate surface area is 218 Å². The minimum Gasteiger partial charge on any atom is -0.354 e. The van der Waals surface area contributed by atoms with Crippen LogP contribution >= 0.6 is 0 Å². The van der Waals surface area contributed by atoms with Gasteiger partial charge in [-0.1, -0.05) is 43.7 Å². The first kappa shape index (κ1) is 25.1. The highest BCUT2D eigenvalue weighted by Gasteiger charge is 2.32. The molecule has 2 aromatic carbocycles. The second kappa shape index (κ2) is 11.6. The summed E-state index contributed by atoms with van der Waals surface area (Å²) in [6, 6.07) is 19.5. The Balaban J connectivity index is 1.54. The average Bonchev–Trinajstić information content (AvgIpc) is 3.48. The Hall–Kier alpha value is -3.58. The maximum Gasteiger partial charge on any atom is 0.223 e.